The van der Waals surface area contributed by atoms with Crippen molar-refractivity contribution in [1.82, 2.24) is 0 Å². The van der Waals surface area contributed by atoms with Gasteiger partial charge in [0.2, 0.25) is 0 Å². The first-order valence-electron chi connectivity index (χ1n) is 9.61. The predicted molar refractivity (Wildman–Crippen MR) is 89.8 cm³/mol. The first kappa shape index (κ1) is 16.4. The molecule has 0 aromatic heterocycles. The average molecular weight is 279 g/mol. The second-order valence-corrected chi connectivity index (χ2v) is 8.39. The fourth-order valence-corrected chi connectivity index (χ4v) is 5.14. The zero-order chi connectivity index (χ0) is 14.5. The molecule has 0 saturated heterocycles. The van der Waals surface area contributed by atoms with Gasteiger partial charge in [0.05, 0.1) is 0 Å². The van der Waals surface area contributed by atoms with Gasteiger partial charge in [0, 0.05) is 0 Å². The van der Waals surface area contributed by atoms with Crippen molar-refractivity contribution < 1.29 is 0 Å². The van der Waals surface area contributed by atoms with Gasteiger partial charge in [-0.1, -0.05) is 66.2 Å². The topological polar surface area (TPSA) is 0 Å². The summed E-state index contributed by atoms with van der Waals surface area (Å²) < 4.78 is 0. The maximum Gasteiger partial charge on any atom is -0.0355 e. The second-order valence-electron chi connectivity index (χ2n) is 8.39. The van der Waals surface area contributed by atoms with Crippen LogP contribution < -0.4 is 0 Å². The molecule has 0 radical (unpaired) electrons. The van der Waals surface area contributed by atoms with Crippen molar-refractivity contribution >= 4 is 0 Å². The van der Waals surface area contributed by atoms with Crippen LogP contribution in [0.2, 0.25) is 0 Å². The molecule has 20 heavy (non-hydrogen) atoms. The predicted octanol–water partition coefficient (Wildman–Crippen LogP) is 6.69. The van der Waals surface area contributed by atoms with Crippen LogP contribution in [0, 0.1) is 35.5 Å². The van der Waals surface area contributed by atoms with E-state index in [0.29, 0.717) is 0 Å². The minimum absolute atomic E-state index is 0.974. The van der Waals surface area contributed by atoms with Crippen LogP contribution in [0.25, 0.3) is 0 Å². The zero-order valence-corrected chi connectivity index (χ0v) is 14.5. The smallest absolute Gasteiger partial charge is 0.0355 e. The first-order chi connectivity index (χ1) is 9.61. The molecule has 0 nitrogen and oxygen atoms in total. The fraction of sp³-hybridized carbons (Fsp3) is 1.00. The Bertz CT molecular complexity index is 261. The third kappa shape index (κ3) is 4.25. The summed E-state index contributed by atoms with van der Waals surface area (Å²) in [5.41, 5.74) is 0. The molecule has 0 heterocycles. The van der Waals surface area contributed by atoms with Gasteiger partial charge in [-0.3, -0.25) is 0 Å². The summed E-state index contributed by atoms with van der Waals surface area (Å²) in [7, 11) is 0. The number of unbranched alkanes of at least 4 members (excludes halogenated alkanes) is 1. The zero-order valence-electron chi connectivity index (χ0n) is 14.5. The lowest BCUT2D eigenvalue weighted by molar-refractivity contribution is 0.0585. The third-order valence-electron chi connectivity index (χ3n) is 6.63. The molecule has 4 unspecified atom stereocenters. The molecule has 2 aliphatic carbocycles. The summed E-state index contributed by atoms with van der Waals surface area (Å²) in [6.07, 6.45) is 15.0. The van der Waals surface area contributed by atoms with E-state index in [1.54, 1.807) is 6.42 Å². The van der Waals surface area contributed by atoms with Crippen LogP contribution >= 0.6 is 0 Å². The van der Waals surface area contributed by atoms with Crippen LogP contribution in [-0.2, 0) is 0 Å². The Kier molecular flexibility index (Phi) is 6.43. The highest BCUT2D eigenvalue weighted by Crippen LogP contribution is 2.47. The molecular formula is C20H38. The molecule has 4 atom stereocenters. The second kappa shape index (κ2) is 7.85. The van der Waals surface area contributed by atoms with Gasteiger partial charge in [-0.05, 0) is 61.2 Å². The van der Waals surface area contributed by atoms with E-state index >= 15 is 0 Å². The summed E-state index contributed by atoms with van der Waals surface area (Å²) >= 11 is 0. The quantitative estimate of drug-likeness (QED) is 0.525. The molecule has 0 bridgehead atoms. The molecule has 118 valence electrons. The molecule has 0 heteroatoms. The first-order valence-corrected chi connectivity index (χ1v) is 9.61. The highest BCUT2D eigenvalue weighted by molar-refractivity contribution is 4.87. The van der Waals surface area contributed by atoms with E-state index in [-0.39, 0.29) is 0 Å². The van der Waals surface area contributed by atoms with E-state index in [1.165, 1.54) is 57.8 Å². The summed E-state index contributed by atoms with van der Waals surface area (Å²) in [4.78, 5) is 0. The van der Waals surface area contributed by atoms with Crippen LogP contribution in [0.4, 0.5) is 0 Å². The van der Waals surface area contributed by atoms with Gasteiger partial charge in [0.1, 0.15) is 0 Å². The summed E-state index contributed by atoms with van der Waals surface area (Å²) in [5, 5.41) is 0. The summed E-state index contributed by atoms with van der Waals surface area (Å²) in [5.74, 6) is 6.16. The molecule has 2 fully saturated rings. The third-order valence-corrected chi connectivity index (χ3v) is 6.63. The van der Waals surface area contributed by atoms with Crippen molar-refractivity contribution in [3.05, 3.63) is 0 Å². The van der Waals surface area contributed by atoms with E-state index < -0.39 is 0 Å². The lowest BCUT2D eigenvalue weighted by Gasteiger charge is -2.44. The molecule has 0 N–H and O–H groups in total. The van der Waals surface area contributed by atoms with Gasteiger partial charge >= 0.3 is 0 Å². The van der Waals surface area contributed by atoms with Gasteiger partial charge in [-0.25, -0.2) is 0 Å². The highest BCUT2D eigenvalue weighted by atomic mass is 14.4. The Labute approximate surface area is 128 Å². The molecule has 0 aromatic rings. The van der Waals surface area contributed by atoms with Crippen molar-refractivity contribution in [2.45, 2.75) is 91.9 Å². The van der Waals surface area contributed by atoms with Crippen molar-refractivity contribution in [2.75, 3.05) is 0 Å². The Hall–Kier alpha value is 0. The minimum Gasteiger partial charge on any atom is -0.0654 e. The minimum atomic E-state index is 0.974. The Morgan fingerprint density at radius 1 is 0.900 bits per heavy atom. The van der Waals surface area contributed by atoms with Crippen molar-refractivity contribution in [3.63, 3.8) is 0 Å². The van der Waals surface area contributed by atoms with E-state index in [2.05, 4.69) is 27.7 Å². The molecular weight excluding hydrogens is 240 g/mol. The monoisotopic (exact) mass is 278 g/mol. The molecule has 0 spiro atoms. The van der Waals surface area contributed by atoms with E-state index in [9.17, 15) is 0 Å². The van der Waals surface area contributed by atoms with Crippen LogP contribution in [0.5, 0.6) is 0 Å². The number of hydrogen-bond acceptors (Lipinski definition) is 0. The standard InChI is InChI=1S/C20H38/c1-5-6-7-17(4)20-14-16(3)10-13-19(20)18-11-8-15(2)9-12-18/h15-20H,5-14H2,1-4H3. The van der Waals surface area contributed by atoms with Gasteiger partial charge in [0.15, 0.2) is 0 Å². The van der Waals surface area contributed by atoms with Gasteiger partial charge in [-0.2, -0.15) is 0 Å². The Morgan fingerprint density at radius 2 is 1.55 bits per heavy atom. The summed E-state index contributed by atoms with van der Waals surface area (Å²) in [6.45, 7) is 9.87. The van der Waals surface area contributed by atoms with Crippen molar-refractivity contribution in [2.24, 2.45) is 35.5 Å². The SMILES string of the molecule is CCCCC(C)C1CC(C)CCC1C1CCC(C)CC1. The lowest BCUT2D eigenvalue weighted by Crippen LogP contribution is -2.35. The maximum atomic E-state index is 2.57. The Balaban J connectivity index is 1.96. The molecule has 0 aromatic carbocycles. The van der Waals surface area contributed by atoms with Crippen LogP contribution in [0.15, 0.2) is 0 Å². The summed E-state index contributed by atoms with van der Waals surface area (Å²) in [6, 6.07) is 0. The normalized spacial score (nSPS) is 40.5. The van der Waals surface area contributed by atoms with Gasteiger partial charge in [-0.15, -0.1) is 0 Å². The molecule has 0 aliphatic heterocycles. The lowest BCUT2D eigenvalue weighted by atomic mass is 9.61. The van der Waals surface area contributed by atoms with Crippen molar-refractivity contribution in [3.8, 4) is 0 Å². The molecule has 2 aliphatic rings. The Morgan fingerprint density at radius 3 is 2.20 bits per heavy atom. The largest absolute Gasteiger partial charge is 0.0654 e. The number of hydrogen-bond donors (Lipinski definition) is 0. The van der Waals surface area contributed by atoms with Crippen LogP contribution in [0.3, 0.4) is 0 Å². The highest BCUT2D eigenvalue weighted by Gasteiger charge is 2.37. The number of rotatable bonds is 5. The van der Waals surface area contributed by atoms with Crippen LogP contribution in [-0.4, -0.2) is 0 Å². The molecule has 2 rings (SSSR count). The molecule has 2 saturated carbocycles. The van der Waals surface area contributed by atoms with E-state index in [1.807, 2.05) is 0 Å². The van der Waals surface area contributed by atoms with Gasteiger partial charge in [0.25, 0.3) is 0 Å². The van der Waals surface area contributed by atoms with E-state index in [0.717, 1.165) is 35.5 Å². The fourth-order valence-electron chi connectivity index (χ4n) is 5.14. The van der Waals surface area contributed by atoms with Crippen molar-refractivity contribution in [1.29, 1.82) is 0 Å². The van der Waals surface area contributed by atoms with Gasteiger partial charge < -0.3 is 0 Å². The average Bonchev–Trinajstić information content (AvgIpc) is 2.46. The van der Waals surface area contributed by atoms with E-state index in [4.69, 9.17) is 0 Å². The van der Waals surface area contributed by atoms with Crippen LogP contribution in [0.1, 0.15) is 91.9 Å². The maximum absolute atomic E-state index is 2.57. The molecule has 0 amide bonds.